The number of amides is 2. The van der Waals surface area contributed by atoms with E-state index in [0.29, 0.717) is 29.4 Å². The van der Waals surface area contributed by atoms with Gasteiger partial charge in [-0.05, 0) is 56.0 Å². The van der Waals surface area contributed by atoms with Gasteiger partial charge in [0.1, 0.15) is 5.82 Å². The molecule has 0 bridgehead atoms. The van der Waals surface area contributed by atoms with Gasteiger partial charge >= 0.3 is 0 Å². The molecule has 2 aromatic rings. The fraction of sp³-hybridized carbons (Fsp3) is 0.333. The number of hydrogen-bond donors (Lipinski definition) is 1. The van der Waals surface area contributed by atoms with E-state index >= 15 is 0 Å². The summed E-state index contributed by atoms with van der Waals surface area (Å²) in [5.41, 5.74) is 3.55. The second kappa shape index (κ2) is 11.1. The van der Waals surface area contributed by atoms with Crippen molar-refractivity contribution in [2.24, 2.45) is 4.99 Å². The summed E-state index contributed by atoms with van der Waals surface area (Å²) >= 11 is 1.42. The number of aliphatic imine (C=N–C) groups is 1. The zero-order chi connectivity index (χ0) is 25.8. The van der Waals surface area contributed by atoms with E-state index in [0.717, 1.165) is 17.0 Å². The minimum Gasteiger partial charge on any atom is -0.355 e. The van der Waals surface area contributed by atoms with Gasteiger partial charge in [-0.1, -0.05) is 30.0 Å². The summed E-state index contributed by atoms with van der Waals surface area (Å²) in [4.78, 5) is 39.0. The molecule has 7 nitrogen and oxygen atoms in total. The Balaban J connectivity index is 1.58. The lowest BCUT2D eigenvalue weighted by molar-refractivity contribution is -0.128. The highest BCUT2D eigenvalue weighted by atomic mass is 32.2. The highest BCUT2D eigenvalue weighted by Gasteiger charge is 2.41. The molecule has 2 aliphatic heterocycles. The van der Waals surface area contributed by atoms with Crippen molar-refractivity contribution in [2.45, 2.75) is 45.7 Å². The SMILES string of the molecule is CC1=C(C(=O)N(C)C(C)C)C(c2ccc(F)cc2)N2C(CC(=O)NCCc3ccccn3)=CSC2=N1. The minimum atomic E-state index is -0.519. The largest absolute Gasteiger partial charge is 0.355 e. The fourth-order valence-corrected chi connectivity index (χ4v) is 5.10. The molecule has 9 heteroatoms. The molecule has 1 unspecified atom stereocenters. The van der Waals surface area contributed by atoms with Gasteiger partial charge in [-0.25, -0.2) is 9.38 Å². The van der Waals surface area contributed by atoms with Crippen LogP contribution in [-0.4, -0.2) is 51.4 Å². The zero-order valence-corrected chi connectivity index (χ0v) is 21.7. The Morgan fingerprint density at radius 1 is 1.19 bits per heavy atom. The van der Waals surface area contributed by atoms with Crippen molar-refractivity contribution in [1.29, 1.82) is 0 Å². The molecule has 1 N–H and O–H groups in total. The van der Waals surface area contributed by atoms with Crippen LogP contribution < -0.4 is 5.32 Å². The molecular formula is C27H30FN5O2S. The number of likely N-dealkylation sites (N-methyl/N-ethyl adjacent to an activating group) is 1. The summed E-state index contributed by atoms with van der Waals surface area (Å²) in [5.74, 6) is -0.624. The molecule has 0 spiro atoms. The summed E-state index contributed by atoms with van der Waals surface area (Å²) in [6.07, 6.45) is 2.50. The molecule has 36 heavy (non-hydrogen) atoms. The summed E-state index contributed by atoms with van der Waals surface area (Å²) in [7, 11) is 1.76. The van der Waals surface area contributed by atoms with Gasteiger partial charge in [-0.15, -0.1) is 0 Å². The molecule has 0 aliphatic carbocycles. The number of amidine groups is 1. The van der Waals surface area contributed by atoms with Crippen LogP contribution in [0.3, 0.4) is 0 Å². The van der Waals surface area contributed by atoms with Crippen molar-refractivity contribution >= 4 is 28.7 Å². The lowest BCUT2D eigenvalue weighted by atomic mass is 9.92. The Bertz CT molecular complexity index is 1220. The van der Waals surface area contributed by atoms with Gasteiger partial charge in [0.2, 0.25) is 5.91 Å². The topological polar surface area (TPSA) is 77.9 Å². The highest BCUT2D eigenvalue weighted by molar-refractivity contribution is 8.16. The minimum absolute atomic E-state index is 0.00936. The number of pyridine rings is 1. The lowest BCUT2D eigenvalue weighted by Gasteiger charge is -2.38. The smallest absolute Gasteiger partial charge is 0.254 e. The van der Waals surface area contributed by atoms with Gasteiger partial charge in [0, 0.05) is 43.6 Å². The fourth-order valence-electron chi connectivity index (χ4n) is 4.13. The number of halogens is 1. The molecule has 188 valence electrons. The van der Waals surface area contributed by atoms with Crippen molar-refractivity contribution < 1.29 is 14.0 Å². The van der Waals surface area contributed by atoms with Gasteiger partial charge in [0.15, 0.2) is 5.17 Å². The lowest BCUT2D eigenvalue weighted by Crippen LogP contribution is -2.42. The van der Waals surface area contributed by atoms with E-state index in [9.17, 15) is 14.0 Å². The predicted octanol–water partition coefficient (Wildman–Crippen LogP) is 4.41. The number of carbonyl (C=O) groups excluding carboxylic acids is 2. The van der Waals surface area contributed by atoms with E-state index in [1.165, 1.54) is 23.9 Å². The average Bonchev–Trinajstić information content (AvgIpc) is 3.25. The van der Waals surface area contributed by atoms with E-state index < -0.39 is 6.04 Å². The number of rotatable bonds is 8. The van der Waals surface area contributed by atoms with Crippen molar-refractivity contribution in [1.82, 2.24) is 20.1 Å². The number of nitrogens with zero attached hydrogens (tertiary/aromatic N) is 4. The monoisotopic (exact) mass is 507 g/mol. The van der Waals surface area contributed by atoms with Crippen LogP contribution in [0.5, 0.6) is 0 Å². The maximum atomic E-state index is 13.8. The van der Waals surface area contributed by atoms with Crippen LogP contribution in [0.1, 0.15) is 44.5 Å². The Hall–Kier alpha value is -3.46. The summed E-state index contributed by atoms with van der Waals surface area (Å²) < 4.78 is 13.8. The normalized spacial score (nSPS) is 17.1. The Kier molecular flexibility index (Phi) is 7.88. The first-order valence-corrected chi connectivity index (χ1v) is 12.8. The molecule has 1 aromatic heterocycles. The Labute approximate surface area is 215 Å². The zero-order valence-electron chi connectivity index (χ0n) is 20.9. The van der Waals surface area contributed by atoms with Crippen LogP contribution in [0.25, 0.3) is 0 Å². The summed E-state index contributed by atoms with van der Waals surface area (Å²) in [6.45, 7) is 6.20. The highest BCUT2D eigenvalue weighted by Crippen LogP contribution is 2.45. The van der Waals surface area contributed by atoms with E-state index in [4.69, 9.17) is 4.99 Å². The van der Waals surface area contributed by atoms with Gasteiger partial charge < -0.3 is 15.1 Å². The first kappa shape index (κ1) is 25.6. The number of carbonyl (C=O) groups is 2. The Morgan fingerprint density at radius 3 is 2.61 bits per heavy atom. The van der Waals surface area contributed by atoms with Crippen LogP contribution in [0, 0.1) is 5.82 Å². The van der Waals surface area contributed by atoms with Crippen LogP contribution >= 0.6 is 11.8 Å². The number of allylic oxidation sites excluding steroid dienone is 1. The van der Waals surface area contributed by atoms with Gasteiger partial charge in [0.25, 0.3) is 5.91 Å². The molecule has 0 radical (unpaired) electrons. The molecule has 0 fully saturated rings. The second-order valence-electron chi connectivity index (χ2n) is 9.05. The van der Waals surface area contributed by atoms with E-state index in [1.807, 2.05) is 49.3 Å². The molecule has 1 aromatic carbocycles. The molecule has 0 saturated heterocycles. The number of benzene rings is 1. The summed E-state index contributed by atoms with van der Waals surface area (Å²) in [5, 5.41) is 5.56. The van der Waals surface area contributed by atoms with Crippen molar-refractivity contribution in [3.8, 4) is 0 Å². The van der Waals surface area contributed by atoms with E-state index in [-0.39, 0.29) is 30.1 Å². The standard InChI is InChI=1S/C27H30FN5O2S/c1-17(2)32(4)26(35)24-18(3)31-27-33(25(24)19-8-10-20(28)11-9-19)22(16-36-27)15-23(34)30-14-12-21-7-5-6-13-29-21/h5-11,13,16-17,25H,12,14-15H2,1-4H3,(H,30,34). The number of thioether (sulfide) groups is 1. The second-order valence-corrected chi connectivity index (χ2v) is 9.89. The number of hydrogen-bond acceptors (Lipinski definition) is 6. The maximum Gasteiger partial charge on any atom is 0.254 e. The quantitative estimate of drug-likeness (QED) is 0.573. The summed E-state index contributed by atoms with van der Waals surface area (Å²) in [6, 6.07) is 11.3. The first-order valence-electron chi connectivity index (χ1n) is 11.9. The molecule has 2 aliphatic rings. The number of fused-ring (bicyclic) bond motifs is 1. The van der Waals surface area contributed by atoms with E-state index in [1.54, 1.807) is 30.3 Å². The molecule has 2 amide bonds. The first-order chi connectivity index (χ1) is 17.3. The van der Waals surface area contributed by atoms with Gasteiger partial charge in [-0.3, -0.25) is 14.6 Å². The number of aromatic nitrogens is 1. The molecule has 1 atom stereocenters. The number of nitrogens with one attached hydrogen (secondary N) is 1. The molecular weight excluding hydrogens is 477 g/mol. The average molecular weight is 508 g/mol. The third kappa shape index (κ3) is 5.51. The van der Waals surface area contributed by atoms with Crippen molar-refractivity contribution in [3.05, 3.63) is 88.1 Å². The molecule has 3 heterocycles. The van der Waals surface area contributed by atoms with Gasteiger partial charge in [0.05, 0.1) is 23.7 Å². The van der Waals surface area contributed by atoms with Crippen LogP contribution in [-0.2, 0) is 16.0 Å². The van der Waals surface area contributed by atoms with E-state index in [2.05, 4.69) is 10.3 Å². The van der Waals surface area contributed by atoms with Crippen LogP contribution in [0.4, 0.5) is 4.39 Å². The third-order valence-corrected chi connectivity index (χ3v) is 7.17. The van der Waals surface area contributed by atoms with Crippen molar-refractivity contribution in [2.75, 3.05) is 13.6 Å². The molecule has 4 rings (SSSR count). The predicted molar refractivity (Wildman–Crippen MR) is 140 cm³/mol. The third-order valence-electron chi connectivity index (χ3n) is 6.28. The maximum absolute atomic E-state index is 13.8. The van der Waals surface area contributed by atoms with Crippen LogP contribution in [0.15, 0.2) is 76.0 Å². The molecule has 0 saturated carbocycles. The Morgan fingerprint density at radius 2 is 1.94 bits per heavy atom. The van der Waals surface area contributed by atoms with Crippen molar-refractivity contribution in [3.63, 3.8) is 0 Å². The van der Waals surface area contributed by atoms with Crippen LogP contribution in [0.2, 0.25) is 0 Å². The van der Waals surface area contributed by atoms with Gasteiger partial charge in [-0.2, -0.15) is 0 Å².